The molecule has 35 heavy (non-hydrogen) atoms. The maximum absolute atomic E-state index is 13.6. The van der Waals surface area contributed by atoms with Gasteiger partial charge in [0.1, 0.15) is 16.8 Å². The lowest BCUT2D eigenvalue weighted by molar-refractivity contribution is -0.120. The quantitative estimate of drug-likeness (QED) is 0.334. The fraction of sp³-hybridized carbons (Fsp3) is 0.231. The van der Waals surface area contributed by atoms with Crippen LogP contribution in [-0.4, -0.2) is 38.3 Å². The highest BCUT2D eigenvalue weighted by Crippen LogP contribution is 2.38. The van der Waals surface area contributed by atoms with Crippen molar-refractivity contribution in [2.75, 3.05) is 6.61 Å². The number of aromatic nitrogens is 4. The molecule has 1 saturated carbocycles. The van der Waals surface area contributed by atoms with Crippen LogP contribution in [0.1, 0.15) is 30.6 Å². The average Bonchev–Trinajstić information content (AvgIpc) is 3.60. The number of nitrogens with one attached hydrogen (secondary N) is 1. The van der Waals surface area contributed by atoms with Crippen molar-refractivity contribution in [3.05, 3.63) is 84.4 Å². The number of hydrogen-bond acceptors (Lipinski definition) is 6. The van der Waals surface area contributed by atoms with Crippen molar-refractivity contribution >= 4 is 17.7 Å². The molecule has 2 aromatic carbocycles. The summed E-state index contributed by atoms with van der Waals surface area (Å²) < 4.78 is 21.1. The second-order valence-electron chi connectivity index (χ2n) is 8.14. The zero-order chi connectivity index (χ0) is 24.2. The van der Waals surface area contributed by atoms with Gasteiger partial charge in [-0.1, -0.05) is 23.9 Å². The van der Waals surface area contributed by atoms with Gasteiger partial charge < -0.3 is 10.1 Å². The summed E-state index contributed by atoms with van der Waals surface area (Å²) in [7, 11) is 0. The van der Waals surface area contributed by atoms with E-state index in [0.717, 1.165) is 29.8 Å². The molecule has 7 nitrogen and oxygen atoms in total. The summed E-state index contributed by atoms with van der Waals surface area (Å²) >= 11 is 1.28. The third-order valence-electron chi connectivity index (χ3n) is 5.52. The van der Waals surface area contributed by atoms with E-state index in [4.69, 9.17) is 4.74 Å². The van der Waals surface area contributed by atoms with Gasteiger partial charge in [-0.25, -0.2) is 4.39 Å². The van der Waals surface area contributed by atoms with E-state index in [9.17, 15) is 9.18 Å². The number of amides is 1. The van der Waals surface area contributed by atoms with Gasteiger partial charge >= 0.3 is 0 Å². The molecule has 2 heterocycles. The Balaban J connectivity index is 1.56. The van der Waals surface area contributed by atoms with Gasteiger partial charge in [0.2, 0.25) is 5.91 Å². The molecule has 0 spiro atoms. The Hall–Kier alpha value is -3.72. The highest BCUT2D eigenvalue weighted by atomic mass is 32.2. The summed E-state index contributed by atoms with van der Waals surface area (Å²) in [5.41, 5.74) is 2.31. The molecule has 1 N–H and O–H groups in total. The van der Waals surface area contributed by atoms with Crippen LogP contribution in [0.2, 0.25) is 0 Å². The average molecular weight is 490 g/mol. The van der Waals surface area contributed by atoms with Crippen LogP contribution in [0.15, 0.2) is 78.2 Å². The number of benzene rings is 2. The molecule has 0 saturated heterocycles. The Morgan fingerprint density at radius 3 is 2.57 bits per heavy atom. The Morgan fingerprint density at radius 1 is 1.14 bits per heavy atom. The van der Waals surface area contributed by atoms with Gasteiger partial charge in [-0.05, 0) is 73.9 Å². The number of hydrogen-bond donors (Lipinski definition) is 1. The van der Waals surface area contributed by atoms with Gasteiger partial charge in [-0.15, -0.1) is 10.2 Å². The van der Waals surface area contributed by atoms with E-state index < -0.39 is 5.25 Å². The lowest BCUT2D eigenvalue weighted by Crippen LogP contribution is -2.30. The Morgan fingerprint density at radius 2 is 1.91 bits per heavy atom. The van der Waals surface area contributed by atoms with Crippen molar-refractivity contribution in [1.29, 1.82) is 0 Å². The first kappa shape index (κ1) is 23.0. The van der Waals surface area contributed by atoms with Crippen LogP contribution in [0.25, 0.3) is 17.1 Å². The van der Waals surface area contributed by atoms with Crippen LogP contribution in [0.3, 0.4) is 0 Å². The molecule has 1 aliphatic carbocycles. The number of halogens is 1. The Bertz CT molecular complexity index is 1290. The summed E-state index contributed by atoms with van der Waals surface area (Å²) in [6.07, 6.45) is 5.37. The van der Waals surface area contributed by atoms with E-state index in [2.05, 4.69) is 20.5 Å². The topological polar surface area (TPSA) is 81.9 Å². The maximum Gasteiger partial charge on any atom is 0.238 e. The van der Waals surface area contributed by atoms with Crippen molar-refractivity contribution in [1.82, 2.24) is 25.1 Å². The molecule has 1 amide bonds. The minimum atomic E-state index is -0.622. The maximum atomic E-state index is 13.6. The van der Waals surface area contributed by atoms with Crippen molar-refractivity contribution in [2.45, 2.75) is 36.2 Å². The van der Waals surface area contributed by atoms with Gasteiger partial charge in [-0.3, -0.25) is 14.3 Å². The summed E-state index contributed by atoms with van der Waals surface area (Å²) in [6.45, 7) is 2.51. The van der Waals surface area contributed by atoms with Gasteiger partial charge in [0.25, 0.3) is 0 Å². The minimum absolute atomic E-state index is 0.131. The molecule has 9 heteroatoms. The predicted molar refractivity (Wildman–Crippen MR) is 132 cm³/mol. The monoisotopic (exact) mass is 489 g/mol. The predicted octanol–water partition coefficient (Wildman–Crippen LogP) is 4.98. The van der Waals surface area contributed by atoms with Gasteiger partial charge in [-0.2, -0.15) is 0 Å². The number of carbonyl (C=O) groups is 1. The van der Waals surface area contributed by atoms with E-state index in [1.165, 1.54) is 23.9 Å². The van der Waals surface area contributed by atoms with E-state index in [-0.39, 0.29) is 17.8 Å². The molecule has 1 aliphatic rings. The summed E-state index contributed by atoms with van der Waals surface area (Å²) in [5.74, 6) is 0.879. The lowest BCUT2D eigenvalue weighted by Gasteiger charge is -2.18. The number of carbonyl (C=O) groups excluding carboxylic acids is 1. The number of pyridine rings is 1. The number of rotatable bonds is 9. The van der Waals surface area contributed by atoms with Crippen molar-refractivity contribution < 1.29 is 13.9 Å². The van der Waals surface area contributed by atoms with E-state index in [1.54, 1.807) is 24.5 Å². The SMILES string of the molecule is CCOc1ccc(-n2c(SC(C(=O)NC3CC3)c3ccc(F)cc3)nnc2-c2cccnc2)cc1. The zero-order valence-electron chi connectivity index (χ0n) is 19.1. The normalized spacial score (nSPS) is 13.9. The van der Waals surface area contributed by atoms with Crippen LogP contribution in [-0.2, 0) is 4.79 Å². The third kappa shape index (κ3) is 5.35. The summed E-state index contributed by atoms with van der Waals surface area (Å²) in [4.78, 5) is 17.4. The lowest BCUT2D eigenvalue weighted by atomic mass is 10.1. The molecule has 0 radical (unpaired) electrons. The standard InChI is InChI=1S/C26H24FN5O2S/c1-2-34-22-13-11-21(12-14-22)32-24(18-4-3-15-28-16-18)30-31-26(32)35-23(25(33)29-20-9-10-20)17-5-7-19(27)8-6-17/h3-8,11-16,20,23H,2,9-10H2,1H3,(H,29,33). The smallest absolute Gasteiger partial charge is 0.238 e. The van der Waals surface area contributed by atoms with E-state index in [0.29, 0.717) is 23.2 Å². The Labute approximate surface area is 206 Å². The Kier molecular flexibility index (Phi) is 6.76. The van der Waals surface area contributed by atoms with Crippen LogP contribution >= 0.6 is 11.8 Å². The molecule has 4 aromatic rings. The zero-order valence-corrected chi connectivity index (χ0v) is 19.9. The molecule has 178 valence electrons. The number of ether oxygens (including phenoxy) is 1. The minimum Gasteiger partial charge on any atom is -0.494 e. The van der Waals surface area contributed by atoms with Gasteiger partial charge in [0.05, 0.1) is 6.61 Å². The highest BCUT2D eigenvalue weighted by Gasteiger charge is 2.31. The molecule has 1 fully saturated rings. The van der Waals surface area contributed by atoms with Crippen LogP contribution < -0.4 is 10.1 Å². The fourth-order valence-electron chi connectivity index (χ4n) is 3.64. The number of thioether (sulfide) groups is 1. The van der Waals surface area contributed by atoms with E-state index >= 15 is 0 Å². The molecule has 2 aromatic heterocycles. The van der Waals surface area contributed by atoms with Gasteiger partial charge in [0.15, 0.2) is 11.0 Å². The van der Waals surface area contributed by atoms with Crippen molar-refractivity contribution in [3.63, 3.8) is 0 Å². The molecule has 1 atom stereocenters. The fourth-order valence-corrected chi connectivity index (χ4v) is 4.70. The molecule has 5 rings (SSSR count). The third-order valence-corrected chi connectivity index (χ3v) is 6.71. The molecular formula is C26H24FN5O2S. The van der Waals surface area contributed by atoms with Crippen LogP contribution in [0.4, 0.5) is 4.39 Å². The first-order valence-corrected chi connectivity index (χ1v) is 12.3. The summed E-state index contributed by atoms with van der Waals surface area (Å²) in [6, 6.07) is 17.6. The largest absolute Gasteiger partial charge is 0.494 e. The van der Waals surface area contributed by atoms with E-state index in [1.807, 2.05) is 47.9 Å². The van der Waals surface area contributed by atoms with Crippen molar-refractivity contribution in [2.24, 2.45) is 0 Å². The second-order valence-corrected chi connectivity index (χ2v) is 9.21. The summed E-state index contributed by atoms with van der Waals surface area (Å²) in [5, 5.41) is 11.9. The number of nitrogens with zero attached hydrogens (tertiary/aromatic N) is 4. The molecule has 0 bridgehead atoms. The first-order chi connectivity index (χ1) is 17.1. The molecular weight excluding hydrogens is 465 g/mol. The second kappa shape index (κ2) is 10.3. The molecule has 0 aliphatic heterocycles. The van der Waals surface area contributed by atoms with Crippen molar-refractivity contribution in [3.8, 4) is 22.8 Å². The first-order valence-electron chi connectivity index (χ1n) is 11.4. The van der Waals surface area contributed by atoms with Crippen LogP contribution in [0, 0.1) is 5.82 Å². The highest BCUT2D eigenvalue weighted by molar-refractivity contribution is 8.00. The molecule has 1 unspecified atom stereocenters. The van der Waals surface area contributed by atoms with Gasteiger partial charge in [0, 0.05) is 29.7 Å². The van der Waals surface area contributed by atoms with Crippen LogP contribution in [0.5, 0.6) is 5.75 Å².